The number of rotatable bonds is 5. The lowest BCUT2D eigenvalue weighted by molar-refractivity contribution is -0.115. The number of nitrogens with two attached hydrogens (primary N) is 1. The van der Waals surface area contributed by atoms with Crippen LogP contribution >= 0.6 is 11.8 Å². The summed E-state index contributed by atoms with van der Waals surface area (Å²) in [7, 11) is 1.82. The number of nitrogen functional groups attached to an aromatic ring is 1. The van der Waals surface area contributed by atoms with E-state index in [0.29, 0.717) is 22.2 Å². The van der Waals surface area contributed by atoms with E-state index in [-0.39, 0.29) is 11.7 Å². The zero-order valence-corrected chi connectivity index (χ0v) is 16.2. The normalized spacial score (nSPS) is 12.2. The Kier molecular flexibility index (Phi) is 5.17. The molecule has 2 heterocycles. The summed E-state index contributed by atoms with van der Waals surface area (Å²) in [5.41, 5.74) is 2.82. The highest BCUT2D eigenvalue weighted by atomic mass is 32.2. The lowest BCUT2D eigenvalue weighted by atomic mass is 10.2. The fourth-order valence-corrected chi connectivity index (χ4v) is 3.34. The van der Waals surface area contributed by atoms with Gasteiger partial charge in [-0.15, -0.1) is 10.2 Å². The molecule has 27 heavy (non-hydrogen) atoms. The highest BCUT2D eigenvalue weighted by Gasteiger charge is 2.22. The molecule has 1 atom stereocenters. The molecule has 142 valence electrons. The van der Waals surface area contributed by atoms with Crippen LogP contribution in [0.5, 0.6) is 0 Å². The molecule has 0 unspecified atom stereocenters. The summed E-state index contributed by atoms with van der Waals surface area (Å²) < 4.78 is 16.4. The van der Waals surface area contributed by atoms with Gasteiger partial charge in [-0.05, 0) is 32.9 Å². The van der Waals surface area contributed by atoms with Gasteiger partial charge in [0.25, 0.3) is 0 Å². The van der Waals surface area contributed by atoms with E-state index in [1.54, 1.807) is 23.7 Å². The number of aryl methyl sites for hydroxylation is 2. The van der Waals surface area contributed by atoms with Crippen LogP contribution in [0.4, 0.5) is 10.1 Å². The Labute approximate surface area is 159 Å². The van der Waals surface area contributed by atoms with Crippen molar-refractivity contribution in [3.63, 3.8) is 0 Å². The van der Waals surface area contributed by atoms with E-state index in [4.69, 9.17) is 5.84 Å². The summed E-state index contributed by atoms with van der Waals surface area (Å²) in [4.78, 5) is 12.5. The molecule has 3 aromatic rings. The van der Waals surface area contributed by atoms with Crippen molar-refractivity contribution in [2.75, 3.05) is 11.2 Å². The zero-order valence-electron chi connectivity index (χ0n) is 15.4. The Bertz CT molecular complexity index is 997. The second kappa shape index (κ2) is 7.39. The van der Waals surface area contributed by atoms with E-state index >= 15 is 0 Å². The van der Waals surface area contributed by atoms with Gasteiger partial charge < -0.3 is 11.2 Å². The second-order valence-electron chi connectivity index (χ2n) is 6.11. The third kappa shape index (κ3) is 3.80. The summed E-state index contributed by atoms with van der Waals surface area (Å²) in [6.07, 6.45) is 0. The van der Waals surface area contributed by atoms with Gasteiger partial charge in [0.2, 0.25) is 11.1 Å². The van der Waals surface area contributed by atoms with Crippen LogP contribution in [0.3, 0.4) is 0 Å². The number of amides is 1. The van der Waals surface area contributed by atoms with Gasteiger partial charge in [0.1, 0.15) is 5.82 Å². The summed E-state index contributed by atoms with van der Waals surface area (Å²) >= 11 is 1.17. The van der Waals surface area contributed by atoms with E-state index < -0.39 is 5.25 Å². The average Bonchev–Trinajstić information content (AvgIpc) is 3.09. The molecule has 0 saturated carbocycles. The molecule has 0 aliphatic heterocycles. The van der Waals surface area contributed by atoms with Crippen molar-refractivity contribution < 1.29 is 9.18 Å². The Hall–Kier alpha value is -2.88. The van der Waals surface area contributed by atoms with Crippen molar-refractivity contribution in [1.82, 2.24) is 24.7 Å². The number of carbonyl (C=O) groups excluding carboxylic acids is 1. The lowest BCUT2D eigenvalue weighted by Crippen LogP contribution is -2.24. The monoisotopic (exact) mass is 389 g/mol. The van der Waals surface area contributed by atoms with Gasteiger partial charge in [0.15, 0.2) is 5.82 Å². The van der Waals surface area contributed by atoms with Gasteiger partial charge in [0.05, 0.1) is 22.3 Å². The molecule has 0 radical (unpaired) electrons. The fraction of sp³-hybridized carbons (Fsp3) is 0.294. The molecule has 0 aliphatic carbocycles. The first-order valence-electron chi connectivity index (χ1n) is 8.22. The van der Waals surface area contributed by atoms with E-state index in [0.717, 1.165) is 11.4 Å². The van der Waals surface area contributed by atoms with Crippen molar-refractivity contribution >= 4 is 23.4 Å². The number of hydrogen-bond donors (Lipinski definition) is 2. The van der Waals surface area contributed by atoms with Crippen LogP contribution in [0.2, 0.25) is 0 Å². The van der Waals surface area contributed by atoms with Gasteiger partial charge in [0, 0.05) is 12.6 Å². The number of halogens is 1. The third-order valence-electron chi connectivity index (χ3n) is 4.16. The van der Waals surface area contributed by atoms with Gasteiger partial charge in [-0.2, -0.15) is 5.10 Å². The Morgan fingerprint density at radius 2 is 2.07 bits per heavy atom. The fourth-order valence-electron chi connectivity index (χ4n) is 2.57. The van der Waals surface area contributed by atoms with Gasteiger partial charge >= 0.3 is 0 Å². The highest BCUT2D eigenvalue weighted by Crippen LogP contribution is 2.26. The van der Waals surface area contributed by atoms with Crippen LogP contribution in [0.1, 0.15) is 18.3 Å². The van der Waals surface area contributed by atoms with E-state index in [1.165, 1.54) is 28.6 Å². The smallest absolute Gasteiger partial charge is 0.237 e. The maximum absolute atomic E-state index is 13.4. The number of nitrogens with one attached hydrogen (secondary N) is 1. The number of hydrogen-bond acceptors (Lipinski definition) is 6. The Morgan fingerprint density at radius 3 is 2.70 bits per heavy atom. The van der Waals surface area contributed by atoms with E-state index in [1.807, 2.05) is 20.9 Å². The molecule has 0 saturated heterocycles. The standard InChI is InChI=1S/C17H20FN7OS/c1-9-14(10(2)24(4)23-9)20-16(26)11(3)27-17-22-21-15(25(17)19)12-6-5-7-13(18)8-12/h5-8,11H,19H2,1-4H3,(H,20,26)/t11-/m1/s1. The van der Waals surface area contributed by atoms with Crippen molar-refractivity contribution in [3.05, 3.63) is 41.5 Å². The molecule has 0 fully saturated rings. The van der Waals surface area contributed by atoms with Gasteiger partial charge in [-0.1, -0.05) is 23.9 Å². The van der Waals surface area contributed by atoms with Crippen molar-refractivity contribution in [2.24, 2.45) is 7.05 Å². The summed E-state index contributed by atoms with van der Waals surface area (Å²) in [6.45, 7) is 5.47. The first kappa shape index (κ1) is 18.9. The minimum Gasteiger partial charge on any atom is -0.335 e. The largest absolute Gasteiger partial charge is 0.335 e. The van der Waals surface area contributed by atoms with E-state index in [9.17, 15) is 9.18 Å². The van der Waals surface area contributed by atoms with Crippen LogP contribution < -0.4 is 11.2 Å². The number of thioether (sulfide) groups is 1. The molecular formula is C17H20FN7OS. The molecule has 1 amide bonds. The second-order valence-corrected chi connectivity index (χ2v) is 7.41. The van der Waals surface area contributed by atoms with Crippen LogP contribution in [-0.4, -0.2) is 35.8 Å². The number of nitrogens with zero attached hydrogens (tertiary/aromatic N) is 5. The molecule has 1 aromatic carbocycles. The maximum atomic E-state index is 13.4. The van der Waals surface area contributed by atoms with Crippen LogP contribution in [-0.2, 0) is 11.8 Å². The van der Waals surface area contributed by atoms with Gasteiger partial charge in [-0.3, -0.25) is 9.48 Å². The molecule has 2 aromatic heterocycles. The predicted octanol–water partition coefficient (Wildman–Crippen LogP) is 2.27. The average molecular weight is 389 g/mol. The van der Waals surface area contributed by atoms with Crippen molar-refractivity contribution in [3.8, 4) is 11.4 Å². The summed E-state index contributed by atoms with van der Waals surface area (Å²) in [6, 6.07) is 5.92. The Morgan fingerprint density at radius 1 is 1.33 bits per heavy atom. The molecule has 8 nitrogen and oxygen atoms in total. The maximum Gasteiger partial charge on any atom is 0.237 e. The first-order valence-corrected chi connectivity index (χ1v) is 9.10. The quantitative estimate of drug-likeness (QED) is 0.512. The molecule has 0 spiro atoms. The highest BCUT2D eigenvalue weighted by molar-refractivity contribution is 8.00. The van der Waals surface area contributed by atoms with Gasteiger partial charge in [-0.25, -0.2) is 9.07 Å². The number of anilines is 1. The topological polar surface area (TPSA) is 104 Å². The van der Waals surface area contributed by atoms with Crippen LogP contribution in [0.25, 0.3) is 11.4 Å². The summed E-state index contributed by atoms with van der Waals surface area (Å²) in [5.74, 6) is 5.78. The molecule has 3 N–H and O–H groups in total. The third-order valence-corrected chi connectivity index (χ3v) is 5.21. The minimum atomic E-state index is -0.476. The molecule has 0 aliphatic rings. The van der Waals surface area contributed by atoms with Crippen molar-refractivity contribution in [2.45, 2.75) is 31.2 Å². The van der Waals surface area contributed by atoms with Crippen molar-refractivity contribution in [1.29, 1.82) is 0 Å². The number of aromatic nitrogens is 5. The van der Waals surface area contributed by atoms with Crippen LogP contribution in [0, 0.1) is 19.7 Å². The van der Waals surface area contributed by atoms with E-state index in [2.05, 4.69) is 20.6 Å². The SMILES string of the molecule is Cc1nn(C)c(C)c1NC(=O)[C@@H](C)Sc1nnc(-c2cccc(F)c2)n1N. The number of benzene rings is 1. The zero-order chi connectivity index (χ0) is 19.7. The predicted molar refractivity (Wildman–Crippen MR) is 102 cm³/mol. The molecule has 10 heteroatoms. The Balaban J connectivity index is 1.74. The first-order chi connectivity index (χ1) is 12.8. The molecule has 3 rings (SSSR count). The minimum absolute atomic E-state index is 0.200. The summed E-state index contributed by atoms with van der Waals surface area (Å²) in [5, 5.41) is 15.1. The lowest BCUT2D eigenvalue weighted by Gasteiger charge is -2.12. The molecule has 0 bridgehead atoms. The molecular weight excluding hydrogens is 369 g/mol. The number of carbonyl (C=O) groups is 1. The van der Waals surface area contributed by atoms with Crippen LogP contribution in [0.15, 0.2) is 29.4 Å².